The third kappa shape index (κ3) is 5.61. The second kappa shape index (κ2) is 7.79. The number of rotatable bonds is 7. The number of carbonyl (C=O) groups excluding carboxylic acids is 1. The predicted molar refractivity (Wildman–Crippen MR) is 71.8 cm³/mol. The zero-order valence-corrected chi connectivity index (χ0v) is 11.9. The molecule has 1 heterocycles. The Hall–Kier alpha value is -0.420. The maximum atomic E-state index is 11.5. The molecule has 0 aromatic carbocycles. The molecule has 3 nitrogen and oxygen atoms in total. The molecule has 16 heavy (non-hydrogen) atoms. The molecule has 1 amide bonds. The fourth-order valence-electron chi connectivity index (χ4n) is 1.38. The highest BCUT2D eigenvalue weighted by atomic mass is 79.9. The minimum atomic E-state index is 0.0679. The molecule has 90 valence electrons. The molecule has 0 aliphatic heterocycles. The number of anilines is 1. The highest BCUT2D eigenvalue weighted by Gasteiger charge is 2.05. The van der Waals surface area contributed by atoms with Crippen molar-refractivity contribution in [1.82, 2.24) is 4.98 Å². The van der Waals surface area contributed by atoms with E-state index in [2.05, 4.69) is 33.2 Å². The second-order valence-electron chi connectivity index (χ2n) is 3.68. The van der Waals surface area contributed by atoms with E-state index in [1.54, 1.807) is 6.20 Å². The molecule has 1 aromatic heterocycles. The van der Waals surface area contributed by atoms with Crippen molar-refractivity contribution in [3.63, 3.8) is 0 Å². The van der Waals surface area contributed by atoms with Crippen molar-refractivity contribution in [3.8, 4) is 0 Å². The van der Waals surface area contributed by atoms with Gasteiger partial charge in [-0.3, -0.25) is 4.79 Å². The topological polar surface area (TPSA) is 42.0 Å². The van der Waals surface area contributed by atoms with Gasteiger partial charge < -0.3 is 5.32 Å². The molecule has 0 fully saturated rings. The first-order chi connectivity index (χ1) is 7.72. The first kappa shape index (κ1) is 13.6. The van der Waals surface area contributed by atoms with Crippen LogP contribution in [0.5, 0.6) is 0 Å². The Morgan fingerprint density at radius 3 is 2.81 bits per heavy atom. The number of hydrogen-bond acceptors (Lipinski definition) is 3. The molecule has 0 spiro atoms. The lowest BCUT2D eigenvalue weighted by atomic mass is 10.1. The van der Waals surface area contributed by atoms with Gasteiger partial charge in [-0.15, -0.1) is 0 Å². The van der Waals surface area contributed by atoms with Gasteiger partial charge in [0.15, 0.2) is 5.13 Å². The quantitative estimate of drug-likeness (QED) is 0.767. The maximum absolute atomic E-state index is 11.5. The third-order valence-corrected chi connectivity index (χ3v) is 3.62. The molecule has 5 heteroatoms. The van der Waals surface area contributed by atoms with Crippen molar-refractivity contribution in [1.29, 1.82) is 0 Å². The summed E-state index contributed by atoms with van der Waals surface area (Å²) in [5.74, 6) is 0.0679. The van der Waals surface area contributed by atoms with Gasteiger partial charge >= 0.3 is 0 Å². The number of thiazole rings is 1. The molecule has 0 saturated heterocycles. The van der Waals surface area contributed by atoms with E-state index < -0.39 is 0 Å². The van der Waals surface area contributed by atoms with Gasteiger partial charge in [-0.2, -0.15) is 0 Å². The van der Waals surface area contributed by atoms with Crippen LogP contribution in [-0.4, -0.2) is 10.9 Å². The lowest BCUT2D eigenvalue weighted by molar-refractivity contribution is -0.116. The third-order valence-electron chi connectivity index (χ3n) is 2.23. The summed E-state index contributed by atoms with van der Waals surface area (Å²) in [6.07, 6.45) is 8.14. The summed E-state index contributed by atoms with van der Waals surface area (Å²) in [6.45, 7) is 2.19. The monoisotopic (exact) mass is 304 g/mol. The number of nitrogens with one attached hydrogen (secondary N) is 1. The molecule has 0 aliphatic carbocycles. The van der Waals surface area contributed by atoms with E-state index in [0.717, 1.165) is 16.6 Å². The first-order valence-electron chi connectivity index (χ1n) is 5.63. The molecule has 1 aromatic rings. The summed E-state index contributed by atoms with van der Waals surface area (Å²) < 4.78 is 0.936. The lowest BCUT2D eigenvalue weighted by Gasteiger charge is -2.01. The summed E-state index contributed by atoms with van der Waals surface area (Å²) >= 11 is 4.74. The van der Waals surface area contributed by atoms with Gasteiger partial charge in [0.2, 0.25) is 5.91 Å². The fraction of sp³-hybridized carbons (Fsp3) is 0.636. The van der Waals surface area contributed by atoms with Crippen molar-refractivity contribution in [2.45, 2.75) is 45.4 Å². The standard InChI is InChI=1S/C11H17BrN2OS/c1-2-3-4-5-6-7-10(15)14-11-13-8-9(12)16-11/h8H,2-7H2,1H3,(H,13,14,15). The van der Waals surface area contributed by atoms with E-state index in [-0.39, 0.29) is 5.91 Å². The number of aromatic nitrogens is 1. The van der Waals surface area contributed by atoms with E-state index >= 15 is 0 Å². The Morgan fingerprint density at radius 1 is 1.44 bits per heavy atom. The first-order valence-corrected chi connectivity index (χ1v) is 7.24. The number of amides is 1. The molecule has 1 rings (SSSR count). The summed E-state index contributed by atoms with van der Waals surface area (Å²) in [7, 11) is 0. The van der Waals surface area contributed by atoms with E-state index in [9.17, 15) is 4.79 Å². The van der Waals surface area contributed by atoms with Crippen LogP contribution in [-0.2, 0) is 4.79 Å². The van der Waals surface area contributed by atoms with Crippen LogP contribution in [0.25, 0.3) is 0 Å². The van der Waals surface area contributed by atoms with Crippen LogP contribution in [0, 0.1) is 0 Å². The van der Waals surface area contributed by atoms with Gasteiger partial charge in [-0.25, -0.2) is 4.98 Å². The average molecular weight is 305 g/mol. The Bertz CT molecular complexity index is 328. The van der Waals surface area contributed by atoms with Crippen LogP contribution < -0.4 is 5.32 Å². The number of hydrogen-bond donors (Lipinski definition) is 1. The molecule has 0 atom stereocenters. The molecular formula is C11H17BrN2OS. The van der Waals surface area contributed by atoms with Crippen molar-refractivity contribution < 1.29 is 4.79 Å². The zero-order chi connectivity index (χ0) is 11.8. The molecular weight excluding hydrogens is 288 g/mol. The number of nitrogens with zero attached hydrogens (tertiary/aromatic N) is 1. The van der Waals surface area contributed by atoms with Crippen LogP contribution in [0.4, 0.5) is 5.13 Å². The maximum Gasteiger partial charge on any atom is 0.226 e. The minimum Gasteiger partial charge on any atom is -0.302 e. The molecule has 0 saturated carbocycles. The fourth-order valence-corrected chi connectivity index (χ4v) is 2.51. The van der Waals surface area contributed by atoms with E-state index in [0.29, 0.717) is 11.6 Å². The van der Waals surface area contributed by atoms with Gasteiger partial charge in [0, 0.05) is 6.42 Å². The smallest absolute Gasteiger partial charge is 0.226 e. The molecule has 0 bridgehead atoms. The van der Waals surface area contributed by atoms with Crippen molar-refractivity contribution >= 4 is 38.3 Å². The summed E-state index contributed by atoms with van der Waals surface area (Å²) in [5.41, 5.74) is 0. The summed E-state index contributed by atoms with van der Waals surface area (Å²) in [6, 6.07) is 0. The van der Waals surface area contributed by atoms with Crippen LogP contribution in [0.1, 0.15) is 45.4 Å². The lowest BCUT2D eigenvalue weighted by Crippen LogP contribution is -2.10. The van der Waals surface area contributed by atoms with E-state index in [4.69, 9.17) is 0 Å². The van der Waals surface area contributed by atoms with E-state index in [1.807, 2.05) is 0 Å². The molecule has 0 unspecified atom stereocenters. The number of unbranched alkanes of at least 4 members (excludes halogenated alkanes) is 4. The Balaban J connectivity index is 2.11. The Labute approximate surface area is 109 Å². The van der Waals surface area contributed by atoms with Crippen LogP contribution >= 0.6 is 27.3 Å². The van der Waals surface area contributed by atoms with Crippen molar-refractivity contribution in [3.05, 3.63) is 9.98 Å². The average Bonchev–Trinajstić information content (AvgIpc) is 2.63. The van der Waals surface area contributed by atoms with Gasteiger partial charge in [-0.05, 0) is 22.4 Å². The SMILES string of the molecule is CCCCCCCC(=O)Nc1ncc(Br)s1. The summed E-state index contributed by atoms with van der Waals surface area (Å²) in [4.78, 5) is 15.5. The van der Waals surface area contributed by atoms with Crippen LogP contribution in [0.3, 0.4) is 0 Å². The van der Waals surface area contributed by atoms with Gasteiger partial charge in [-0.1, -0.05) is 43.9 Å². The van der Waals surface area contributed by atoms with Gasteiger partial charge in [0.05, 0.1) is 9.98 Å². The highest BCUT2D eigenvalue weighted by molar-refractivity contribution is 9.11. The minimum absolute atomic E-state index is 0.0679. The van der Waals surface area contributed by atoms with Crippen LogP contribution in [0.2, 0.25) is 0 Å². The Kier molecular flexibility index (Phi) is 6.64. The zero-order valence-electron chi connectivity index (χ0n) is 9.46. The van der Waals surface area contributed by atoms with E-state index in [1.165, 1.54) is 30.6 Å². The summed E-state index contributed by atoms with van der Waals surface area (Å²) in [5, 5.41) is 3.46. The normalized spacial score (nSPS) is 10.4. The second-order valence-corrected chi connectivity index (χ2v) is 6.09. The Morgan fingerprint density at radius 2 is 2.19 bits per heavy atom. The van der Waals surface area contributed by atoms with Gasteiger partial charge in [0.1, 0.15) is 0 Å². The van der Waals surface area contributed by atoms with Crippen molar-refractivity contribution in [2.24, 2.45) is 0 Å². The highest BCUT2D eigenvalue weighted by Crippen LogP contribution is 2.23. The molecule has 0 radical (unpaired) electrons. The molecule has 0 aliphatic rings. The van der Waals surface area contributed by atoms with Crippen LogP contribution in [0.15, 0.2) is 9.98 Å². The number of carbonyl (C=O) groups is 1. The largest absolute Gasteiger partial charge is 0.302 e. The van der Waals surface area contributed by atoms with Gasteiger partial charge in [0.25, 0.3) is 0 Å². The predicted octanol–water partition coefficient (Wildman–Crippen LogP) is 4.20. The molecule has 1 N–H and O–H groups in total. The van der Waals surface area contributed by atoms with Crippen molar-refractivity contribution in [2.75, 3.05) is 5.32 Å². The number of halogens is 1.